The number of amides is 2. The smallest absolute Gasteiger partial charge is 0.321 e. The van der Waals surface area contributed by atoms with E-state index in [4.69, 9.17) is 14.2 Å². The predicted molar refractivity (Wildman–Crippen MR) is 116 cm³/mol. The van der Waals surface area contributed by atoms with E-state index in [9.17, 15) is 4.79 Å². The molecule has 0 saturated carbocycles. The first-order chi connectivity index (χ1) is 14.5. The molecular formula is C22H32N4O4. The number of urea groups is 1. The van der Waals surface area contributed by atoms with Crippen molar-refractivity contribution in [2.45, 2.75) is 39.2 Å². The molecule has 164 valence electrons. The summed E-state index contributed by atoms with van der Waals surface area (Å²) in [5.41, 5.74) is 0.608. The number of carbonyl (C=O) groups excluding carboxylic acids is 1. The Morgan fingerprint density at radius 1 is 1.13 bits per heavy atom. The van der Waals surface area contributed by atoms with Crippen molar-refractivity contribution in [1.29, 1.82) is 0 Å². The number of ether oxygens (including phenoxy) is 3. The minimum absolute atomic E-state index is 0.117. The zero-order valence-corrected chi connectivity index (χ0v) is 18.5. The molecule has 30 heavy (non-hydrogen) atoms. The van der Waals surface area contributed by atoms with Gasteiger partial charge in [0.15, 0.2) is 11.5 Å². The van der Waals surface area contributed by atoms with Crippen LogP contribution in [-0.4, -0.2) is 54.9 Å². The maximum absolute atomic E-state index is 12.8. The van der Waals surface area contributed by atoms with Crippen molar-refractivity contribution in [2.75, 3.05) is 39.7 Å². The number of hydrogen-bond acceptors (Lipinski definition) is 5. The molecule has 1 saturated heterocycles. The molecule has 0 aliphatic carbocycles. The third kappa shape index (κ3) is 4.80. The van der Waals surface area contributed by atoms with Crippen LogP contribution < -0.4 is 19.5 Å². The molecule has 1 fully saturated rings. The highest BCUT2D eigenvalue weighted by molar-refractivity contribution is 5.90. The van der Waals surface area contributed by atoms with Crippen molar-refractivity contribution in [1.82, 2.24) is 14.5 Å². The largest absolute Gasteiger partial charge is 0.493 e. The molecule has 2 aromatic rings. The minimum Gasteiger partial charge on any atom is -0.493 e. The molecule has 2 heterocycles. The van der Waals surface area contributed by atoms with Crippen molar-refractivity contribution in [3.8, 4) is 17.2 Å². The van der Waals surface area contributed by atoms with Crippen LogP contribution in [0.25, 0.3) is 0 Å². The molecule has 1 aliphatic heterocycles. The van der Waals surface area contributed by atoms with Gasteiger partial charge in [0.2, 0.25) is 5.75 Å². The predicted octanol–water partition coefficient (Wildman–Crippen LogP) is 3.98. The van der Waals surface area contributed by atoms with Crippen molar-refractivity contribution in [3.05, 3.63) is 30.4 Å². The molecule has 1 aromatic heterocycles. The second-order valence-corrected chi connectivity index (χ2v) is 7.87. The van der Waals surface area contributed by atoms with Crippen molar-refractivity contribution >= 4 is 11.7 Å². The standard InChI is InChI=1S/C22H32N4O4/c1-15(2)21-23-8-11-26(21)14-16-6-9-25(10-7-16)22(27)24-17-12-18(28-3)20(30-5)19(13-17)29-4/h8,11-13,15-16H,6-7,9-10,14H2,1-5H3,(H,24,27). The summed E-state index contributed by atoms with van der Waals surface area (Å²) in [4.78, 5) is 19.1. The number of hydrogen-bond donors (Lipinski definition) is 1. The fourth-order valence-corrected chi connectivity index (χ4v) is 3.93. The molecule has 1 aromatic carbocycles. The van der Waals surface area contributed by atoms with Gasteiger partial charge in [-0.15, -0.1) is 0 Å². The summed E-state index contributed by atoms with van der Waals surface area (Å²) < 4.78 is 18.3. The highest BCUT2D eigenvalue weighted by Gasteiger charge is 2.24. The number of imidazole rings is 1. The van der Waals surface area contributed by atoms with Gasteiger partial charge in [0.05, 0.1) is 27.0 Å². The van der Waals surface area contributed by atoms with E-state index < -0.39 is 0 Å². The van der Waals surface area contributed by atoms with E-state index in [2.05, 4.69) is 34.9 Å². The molecule has 1 aliphatic rings. The lowest BCUT2D eigenvalue weighted by molar-refractivity contribution is 0.176. The monoisotopic (exact) mass is 416 g/mol. The van der Waals surface area contributed by atoms with E-state index in [0.717, 1.165) is 38.3 Å². The second kappa shape index (κ2) is 9.73. The van der Waals surface area contributed by atoms with Gasteiger partial charge >= 0.3 is 6.03 Å². The summed E-state index contributed by atoms with van der Waals surface area (Å²) >= 11 is 0. The third-order valence-corrected chi connectivity index (χ3v) is 5.54. The summed E-state index contributed by atoms with van der Waals surface area (Å²) in [5, 5.41) is 2.95. The van der Waals surface area contributed by atoms with E-state index >= 15 is 0 Å². The van der Waals surface area contributed by atoms with Crippen LogP contribution >= 0.6 is 0 Å². The van der Waals surface area contributed by atoms with Gasteiger partial charge in [0, 0.05) is 50.1 Å². The van der Waals surface area contributed by atoms with Crippen molar-refractivity contribution in [2.24, 2.45) is 5.92 Å². The second-order valence-electron chi connectivity index (χ2n) is 7.87. The summed E-state index contributed by atoms with van der Waals surface area (Å²) in [6.45, 7) is 6.74. The Balaban J connectivity index is 1.58. The number of rotatable bonds is 7. The number of methoxy groups -OCH3 is 3. The fourth-order valence-electron chi connectivity index (χ4n) is 3.93. The van der Waals surface area contributed by atoms with Crippen LogP contribution in [0.3, 0.4) is 0 Å². The summed E-state index contributed by atoms with van der Waals surface area (Å²) in [6, 6.07) is 3.35. The maximum atomic E-state index is 12.8. The van der Waals surface area contributed by atoms with E-state index in [-0.39, 0.29) is 6.03 Å². The Morgan fingerprint density at radius 2 is 1.77 bits per heavy atom. The zero-order chi connectivity index (χ0) is 21.7. The molecule has 0 unspecified atom stereocenters. The summed E-state index contributed by atoms with van der Waals surface area (Å²) in [5.74, 6) is 3.59. The van der Waals surface area contributed by atoms with Gasteiger partial charge in [-0.3, -0.25) is 0 Å². The van der Waals surface area contributed by atoms with E-state index in [0.29, 0.717) is 34.8 Å². The van der Waals surface area contributed by atoms with Crippen LogP contribution in [0.4, 0.5) is 10.5 Å². The van der Waals surface area contributed by atoms with Gasteiger partial charge in [-0.2, -0.15) is 0 Å². The van der Waals surface area contributed by atoms with Gasteiger partial charge in [0.1, 0.15) is 5.82 Å². The molecule has 0 bridgehead atoms. The first kappa shape index (κ1) is 21.8. The molecular weight excluding hydrogens is 384 g/mol. The minimum atomic E-state index is -0.117. The van der Waals surface area contributed by atoms with Gasteiger partial charge in [-0.25, -0.2) is 9.78 Å². The topological polar surface area (TPSA) is 77.9 Å². The lowest BCUT2D eigenvalue weighted by Crippen LogP contribution is -2.41. The molecule has 2 amide bonds. The zero-order valence-electron chi connectivity index (χ0n) is 18.5. The number of piperidine rings is 1. The number of aromatic nitrogens is 2. The molecule has 0 radical (unpaired) electrons. The van der Waals surface area contributed by atoms with Crippen molar-refractivity contribution < 1.29 is 19.0 Å². The number of carbonyl (C=O) groups is 1. The number of nitrogens with zero attached hydrogens (tertiary/aromatic N) is 3. The Kier molecular flexibility index (Phi) is 7.07. The number of nitrogens with one attached hydrogen (secondary N) is 1. The van der Waals surface area contributed by atoms with E-state index in [1.54, 1.807) is 33.5 Å². The van der Waals surface area contributed by atoms with Crippen LogP contribution in [-0.2, 0) is 6.54 Å². The number of anilines is 1. The molecule has 1 N–H and O–H groups in total. The van der Waals surface area contributed by atoms with E-state index in [1.165, 1.54) is 0 Å². The van der Waals surface area contributed by atoms with Crippen LogP contribution in [0.5, 0.6) is 17.2 Å². The summed E-state index contributed by atoms with van der Waals surface area (Å²) in [7, 11) is 4.66. The third-order valence-electron chi connectivity index (χ3n) is 5.54. The van der Waals surface area contributed by atoms with Crippen LogP contribution in [0.2, 0.25) is 0 Å². The molecule has 3 rings (SSSR count). The molecule has 0 spiro atoms. The molecule has 8 nitrogen and oxygen atoms in total. The van der Waals surface area contributed by atoms with Gasteiger partial charge in [0.25, 0.3) is 0 Å². The van der Waals surface area contributed by atoms with Gasteiger partial charge < -0.3 is 29.0 Å². The molecule has 0 atom stereocenters. The van der Waals surface area contributed by atoms with Gasteiger partial charge in [-0.1, -0.05) is 13.8 Å². The first-order valence-electron chi connectivity index (χ1n) is 10.3. The Labute approximate surface area is 178 Å². The Bertz CT molecular complexity index is 832. The van der Waals surface area contributed by atoms with Crippen molar-refractivity contribution in [3.63, 3.8) is 0 Å². The van der Waals surface area contributed by atoms with E-state index in [1.807, 2.05) is 11.1 Å². The average Bonchev–Trinajstić information content (AvgIpc) is 3.21. The Hall–Kier alpha value is -2.90. The normalized spacial score (nSPS) is 14.7. The summed E-state index contributed by atoms with van der Waals surface area (Å²) in [6.07, 6.45) is 5.87. The lowest BCUT2D eigenvalue weighted by atomic mass is 9.96. The number of benzene rings is 1. The van der Waals surface area contributed by atoms with Crippen LogP contribution in [0.1, 0.15) is 38.4 Å². The molecule has 8 heteroatoms. The highest BCUT2D eigenvalue weighted by Crippen LogP contribution is 2.40. The average molecular weight is 417 g/mol. The van der Waals surface area contributed by atoms with Gasteiger partial charge in [-0.05, 0) is 18.8 Å². The SMILES string of the molecule is COc1cc(NC(=O)N2CCC(Cn3ccnc3C(C)C)CC2)cc(OC)c1OC. The quantitative estimate of drug-likeness (QED) is 0.739. The maximum Gasteiger partial charge on any atom is 0.321 e. The number of likely N-dealkylation sites (tertiary alicyclic amines) is 1. The first-order valence-corrected chi connectivity index (χ1v) is 10.3. The van der Waals surface area contributed by atoms with Crippen LogP contribution in [0.15, 0.2) is 24.5 Å². The lowest BCUT2D eigenvalue weighted by Gasteiger charge is -2.32. The van der Waals surface area contributed by atoms with Crippen LogP contribution in [0, 0.1) is 5.92 Å². The highest BCUT2D eigenvalue weighted by atomic mass is 16.5. The Morgan fingerprint density at radius 3 is 2.30 bits per heavy atom. The fraction of sp³-hybridized carbons (Fsp3) is 0.545.